The number of nitrogens with zero attached hydrogens (tertiary/aromatic N) is 1. The molecule has 2 heterocycles. The first kappa shape index (κ1) is 21.7. The zero-order valence-electron chi connectivity index (χ0n) is 18.7. The van der Waals surface area contributed by atoms with Gasteiger partial charge in [0.05, 0.1) is 0 Å². The van der Waals surface area contributed by atoms with Crippen molar-refractivity contribution in [2.24, 2.45) is 11.7 Å². The second-order valence-corrected chi connectivity index (χ2v) is 9.14. The van der Waals surface area contributed by atoms with Crippen molar-refractivity contribution in [3.8, 4) is 5.75 Å². The van der Waals surface area contributed by atoms with Gasteiger partial charge in [-0.05, 0) is 54.1 Å². The van der Waals surface area contributed by atoms with Crippen LogP contribution in [0.4, 0.5) is 0 Å². The minimum atomic E-state index is -0.855. The van der Waals surface area contributed by atoms with Crippen LogP contribution in [0.15, 0.2) is 78.9 Å². The number of aliphatic hydroxyl groups is 1. The molecule has 5 heteroatoms. The summed E-state index contributed by atoms with van der Waals surface area (Å²) in [6.07, 6.45) is 1.25. The number of benzene rings is 3. The van der Waals surface area contributed by atoms with Crippen molar-refractivity contribution in [2.75, 3.05) is 26.2 Å². The Morgan fingerprint density at radius 3 is 2.33 bits per heavy atom. The van der Waals surface area contributed by atoms with Gasteiger partial charge >= 0.3 is 0 Å². The minimum absolute atomic E-state index is 0.0926. The van der Waals surface area contributed by atoms with E-state index >= 15 is 0 Å². The highest BCUT2D eigenvalue weighted by Gasteiger charge is 2.49. The standard InChI is InChI=1S/C28H30N2O3/c29-27(32)28(21-7-3-1-4-8-21,22-9-5-2-6-10-22)23-14-16-30(18-23)15-13-20-11-12-26-24(17-20)25(31)19-33-26/h1-12,17,23,25,31H,13-16,18-19H2,(H2,29,32)/t23-,25+/m1/s1. The fourth-order valence-corrected chi connectivity index (χ4v) is 5.61. The Labute approximate surface area is 194 Å². The topological polar surface area (TPSA) is 75.8 Å². The van der Waals surface area contributed by atoms with Crippen LogP contribution in [-0.2, 0) is 16.6 Å². The average Bonchev–Trinajstić information content (AvgIpc) is 3.46. The SMILES string of the molecule is NC(=O)C(c1ccccc1)(c1ccccc1)[C@@H]1CCN(CCc2ccc3c(c2)[C@@H](O)CO3)C1. The van der Waals surface area contributed by atoms with Crippen LogP contribution in [0.5, 0.6) is 5.75 Å². The fraction of sp³-hybridized carbons (Fsp3) is 0.321. The van der Waals surface area contributed by atoms with Gasteiger partial charge < -0.3 is 20.5 Å². The number of fused-ring (bicyclic) bond motifs is 1. The van der Waals surface area contributed by atoms with Crippen molar-refractivity contribution in [2.45, 2.75) is 24.4 Å². The van der Waals surface area contributed by atoms with Crippen LogP contribution in [0.1, 0.15) is 34.8 Å². The molecule has 0 saturated carbocycles. The summed E-state index contributed by atoms with van der Waals surface area (Å²) in [5.41, 5.74) is 9.34. The quantitative estimate of drug-likeness (QED) is 0.588. The molecule has 3 N–H and O–H groups in total. The number of rotatable bonds is 7. The molecule has 3 aromatic carbocycles. The van der Waals surface area contributed by atoms with Crippen molar-refractivity contribution in [3.63, 3.8) is 0 Å². The number of likely N-dealkylation sites (tertiary alicyclic amines) is 1. The van der Waals surface area contributed by atoms with Crippen molar-refractivity contribution in [1.29, 1.82) is 0 Å². The molecule has 5 nitrogen and oxygen atoms in total. The number of carbonyl (C=O) groups excluding carboxylic acids is 1. The van der Waals surface area contributed by atoms with E-state index in [0.29, 0.717) is 6.61 Å². The molecule has 33 heavy (non-hydrogen) atoms. The fourth-order valence-electron chi connectivity index (χ4n) is 5.61. The van der Waals surface area contributed by atoms with Gasteiger partial charge in [0.25, 0.3) is 0 Å². The number of amides is 1. The van der Waals surface area contributed by atoms with Crippen LogP contribution in [0, 0.1) is 5.92 Å². The van der Waals surface area contributed by atoms with E-state index in [-0.39, 0.29) is 11.8 Å². The normalized spacial score (nSPS) is 20.4. The maximum absolute atomic E-state index is 13.2. The lowest BCUT2D eigenvalue weighted by Gasteiger charge is -2.37. The number of primary amides is 1. The van der Waals surface area contributed by atoms with Crippen LogP contribution in [0.2, 0.25) is 0 Å². The summed E-state index contributed by atoms with van der Waals surface area (Å²) >= 11 is 0. The maximum atomic E-state index is 13.2. The molecule has 1 saturated heterocycles. The van der Waals surface area contributed by atoms with Gasteiger partial charge in [-0.15, -0.1) is 0 Å². The molecule has 1 amide bonds. The van der Waals surface area contributed by atoms with Crippen molar-refractivity contribution in [1.82, 2.24) is 4.90 Å². The maximum Gasteiger partial charge on any atom is 0.232 e. The Bertz CT molecular complexity index is 1080. The molecule has 0 aromatic heterocycles. The first-order valence-electron chi connectivity index (χ1n) is 11.7. The zero-order chi connectivity index (χ0) is 22.8. The number of hydrogen-bond acceptors (Lipinski definition) is 4. The Kier molecular flexibility index (Phi) is 5.92. The monoisotopic (exact) mass is 442 g/mol. The molecular weight excluding hydrogens is 412 g/mol. The van der Waals surface area contributed by atoms with Crippen LogP contribution < -0.4 is 10.5 Å². The first-order valence-corrected chi connectivity index (χ1v) is 11.7. The largest absolute Gasteiger partial charge is 0.490 e. The average molecular weight is 443 g/mol. The van der Waals surface area contributed by atoms with Gasteiger partial charge in [0.2, 0.25) is 5.91 Å². The molecule has 170 valence electrons. The third-order valence-electron chi connectivity index (χ3n) is 7.28. The van der Waals surface area contributed by atoms with Gasteiger partial charge in [0, 0.05) is 18.7 Å². The first-order chi connectivity index (χ1) is 16.1. The van der Waals surface area contributed by atoms with Crippen LogP contribution >= 0.6 is 0 Å². The lowest BCUT2D eigenvalue weighted by molar-refractivity contribution is -0.123. The predicted molar refractivity (Wildman–Crippen MR) is 128 cm³/mol. The van der Waals surface area contributed by atoms with E-state index in [1.807, 2.05) is 66.7 Å². The molecule has 0 unspecified atom stereocenters. The highest BCUT2D eigenvalue weighted by molar-refractivity contribution is 5.91. The molecule has 0 aliphatic carbocycles. The van der Waals surface area contributed by atoms with Crippen molar-refractivity contribution < 1.29 is 14.6 Å². The third-order valence-corrected chi connectivity index (χ3v) is 7.28. The summed E-state index contributed by atoms with van der Waals surface area (Å²) in [5.74, 6) is 0.582. The van der Waals surface area contributed by atoms with Crippen molar-refractivity contribution in [3.05, 3.63) is 101 Å². The van der Waals surface area contributed by atoms with Gasteiger partial charge in [-0.25, -0.2) is 0 Å². The Morgan fingerprint density at radius 2 is 1.70 bits per heavy atom. The van der Waals surface area contributed by atoms with E-state index in [1.54, 1.807) is 0 Å². The minimum Gasteiger partial charge on any atom is -0.490 e. The van der Waals surface area contributed by atoms with E-state index < -0.39 is 11.5 Å². The predicted octanol–water partition coefficient (Wildman–Crippen LogP) is 3.45. The lowest BCUT2D eigenvalue weighted by Crippen LogP contribution is -2.49. The van der Waals surface area contributed by atoms with Gasteiger partial charge in [-0.1, -0.05) is 66.7 Å². The summed E-state index contributed by atoms with van der Waals surface area (Å²) < 4.78 is 5.50. The Morgan fingerprint density at radius 1 is 1.03 bits per heavy atom. The molecule has 5 rings (SSSR count). The highest BCUT2D eigenvalue weighted by atomic mass is 16.5. The van der Waals surface area contributed by atoms with E-state index in [0.717, 1.165) is 54.9 Å². The Hall–Kier alpha value is -3.15. The molecule has 1 fully saturated rings. The third kappa shape index (κ3) is 3.92. The molecule has 2 aliphatic rings. The summed E-state index contributed by atoms with van der Waals surface area (Å²) in [5, 5.41) is 10.1. The number of aliphatic hydroxyl groups excluding tert-OH is 1. The van der Waals surface area contributed by atoms with Crippen LogP contribution in [0.3, 0.4) is 0 Å². The molecular formula is C28H30N2O3. The van der Waals surface area contributed by atoms with E-state index in [9.17, 15) is 9.90 Å². The van der Waals surface area contributed by atoms with Gasteiger partial charge in [0.15, 0.2) is 0 Å². The van der Waals surface area contributed by atoms with Crippen molar-refractivity contribution >= 4 is 5.91 Å². The van der Waals surface area contributed by atoms with Crippen LogP contribution in [-0.4, -0.2) is 42.2 Å². The second-order valence-electron chi connectivity index (χ2n) is 9.14. The summed E-state index contributed by atoms with van der Waals surface area (Å²) in [6, 6.07) is 26.1. The van der Waals surface area contributed by atoms with Gasteiger partial charge in [0.1, 0.15) is 23.9 Å². The Balaban J connectivity index is 1.38. The molecule has 2 aliphatic heterocycles. The molecule has 2 atom stereocenters. The second kappa shape index (κ2) is 9.00. The van der Waals surface area contributed by atoms with E-state index in [2.05, 4.69) is 17.0 Å². The van der Waals surface area contributed by atoms with E-state index in [1.165, 1.54) is 5.56 Å². The lowest BCUT2D eigenvalue weighted by atomic mass is 9.64. The highest BCUT2D eigenvalue weighted by Crippen LogP contribution is 2.43. The smallest absolute Gasteiger partial charge is 0.232 e. The summed E-state index contributed by atoms with van der Waals surface area (Å²) in [6.45, 7) is 2.96. The zero-order valence-corrected chi connectivity index (χ0v) is 18.7. The van der Waals surface area contributed by atoms with Crippen LogP contribution in [0.25, 0.3) is 0 Å². The van der Waals surface area contributed by atoms with Gasteiger partial charge in [-0.3, -0.25) is 4.79 Å². The van der Waals surface area contributed by atoms with E-state index in [4.69, 9.17) is 10.5 Å². The number of hydrogen-bond donors (Lipinski definition) is 2. The summed E-state index contributed by atoms with van der Waals surface area (Å²) in [4.78, 5) is 15.6. The number of carbonyl (C=O) groups is 1. The van der Waals surface area contributed by atoms with Gasteiger partial charge in [-0.2, -0.15) is 0 Å². The molecule has 0 radical (unpaired) electrons. The number of nitrogens with two attached hydrogens (primary N) is 1. The number of ether oxygens (including phenoxy) is 1. The molecule has 0 bridgehead atoms. The summed E-state index contributed by atoms with van der Waals surface area (Å²) in [7, 11) is 0. The molecule has 0 spiro atoms. The molecule has 3 aromatic rings.